The molecule has 0 aliphatic carbocycles. The van der Waals surface area contributed by atoms with Crippen LogP contribution in [0.1, 0.15) is 12.0 Å². The molecule has 0 aliphatic heterocycles. The molecule has 0 unspecified atom stereocenters. The Labute approximate surface area is 156 Å². The maximum Gasteiger partial charge on any atom is 0.293 e. The molecule has 0 saturated heterocycles. The molecule has 2 aromatic carbocycles. The lowest BCUT2D eigenvalue weighted by molar-refractivity contribution is -0.383. The minimum absolute atomic E-state index is 0.0347. The number of nitrogens with one attached hydrogen (secondary N) is 1. The van der Waals surface area contributed by atoms with E-state index in [0.29, 0.717) is 31.8 Å². The summed E-state index contributed by atoms with van der Waals surface area (Å²) in [6, 6.07) is 15.1. The molecule has 3 aromatic rings. The van der Waals surface area contributed by atoms with Gasteiger partial charge in [0.1, 0.15) is 5.52 Å². The predicted molar refractivity (Wildman–Crippen MR) is 103 cm³/mol. The van der Waals surface area contributed by atoms with Gasteiger partial charge in [0.05, 0.1) is 24.7 Å². The Kier molecular flexibility index (Phi) is 6.54. The molecule has 142 valence electrons. The molecular formula is C20H22N2O5. The number of aliphatic hydroxyl groups is 1. The van der Waals surface area contributed by atoms with Crippen molar-refractivity contribution in [3.63, 3.8) is 0 Å². The van der Waals surface area contributed by atoms with Gasteiger partial charge in [-0.3, -0.25) is 10.1 Å². The van der Waals surface area contributed by atoms with Crippen LogP contribution < -0.4 is 0 Å². The first-order chi connectivity index (χ1) is 13.2. The lowest BCUT2D eigenvalue weighted by Crippen LogP contribution is -2.06. The summed E-state index contributed by atoms with van der Waals surface area (Å²) in [4.78, 5) is 14.3. The van der Waals surface area contributed by atoms with Gasteiger partial charge in [0.25, 0.3) is 5.69 Å². The minimum Gasteiger partial charge on any atom is -0.396 e. The predicted octanol–water partition coefficient (Wildman–Crippen LogP) is 3.66. The van der Waals surface area contributed by atoms with Gasteiger partial charge >= 0.3 is 0 Å². The lowest BCUT2D eigenvalue weighted by atomic mass is 10.1. The maximum atomic E-state index is 11.5. The molecule has 2 N–H and O–H groups in total. The first-order valence-corrected chi connectivity index (χ1v) is 8.81. The van der Waals surface area contributed by atoms with Crippen molar-refractivity contribution >= 4 is 16.6 Å². The average molecular weight is 370 g/mol. The highest BCUT2D eigenvalue weighted by Gasteiger charge is 2.17. The van der Waals surface area contributed by atoms with E-state index in [-0.39, 0.29) is 23.8 Å². The molecule has 0 radical (unpaired) electrons. The zero-order valence-corrected chi connectivity index (χ0v) is 14.9. The molecule has 1 aromatic heterocycles. The number of nitrogens with zero attached hydrogens (tertiary/aromatic N) is 1. The second-order valence-corrected chi connectivity index (χ2v) is 6.13. The summed E-state index contributed by atoms with van der Waals surface area (Å²) in [5.41, 5.74) is 3.09. The molecule has 1 heterocycles. The van der Waals surface area contributed by atoms with E-state index in [1.54, 1.807) is 6.07 Å². The smallest absolute Gasteiger partial charge is 0.293 e. The second-order valence-electron chi connectivity index (χ2n) is 6.13. The molecule has 0 aliphatic rings. The van der Waals surface area contributed by atoms with Gasteiger partial charge in [0.15, 0.2) is 0 Å². The molecule has 0 saturated carbocycles. The van der Waals surface area contributed by atoms with Crippen molar-refractivity contribution in [3.05, 3.63) is 64.2 Å². The Morgan fingerprint density at radius 3 is 2.56 bits per heavy atom. The fraction of sp³-hybridized carbons (Fsp3) is 0.300. The van der Waals surface area contributed by atoms with E-state index in [1.165, 1.54) is 0 Å². The van der Waals surface area contributed by atoms with Crippen LogP contribution in [0.2, 0.25) is 0 Å². The van der Waals surface area contributed by atoms with Gasteiger partial charge in [-0.2, -0.15) is 0 Å². The maximum absolute atomic E-state index is 11.5. The summed E-state index contributed by atoms with van der Waals surface area (Å²) in [5, 5.41) is 21.0. The monoisotopic (exact) mass is 370 g/mol. The fourth-order valence-corrected chi connectivity index (χ4v) is 2.86. The van der Waals surface area contributed by atoms with E-state index in [2.05, 4.69) is 4.98 Å². The van der Waals surface area contributed by atoms with Crippen molar-refractivity contribution < 1.29 is 19.5 Å². The number of non-ortho nitro benzene ring substituents is 1. The van der Waals surface area contributed by atoms with Crippen LogP contribution in [0.25, 0.3) is 22.2 Å². The highest BCUT2D eigenvalue weighted by atomic mass is 16.6. The topological polar surface area (TPSA) is 97.6 Å². The lowest BCUT2D eigenvalue weighted by Gasteiger charge is -2.06. The van der Waals surface area contributed by atoms with Gasteiger partial charge in [-0.25, -0.2) is 0 Å². The van der Waals surface area contributed by atoms with Gasteiger partial charge in [-0.05, 0) is 29.7 Å². The number of aromatic nitrogens is 1. The van der Waals surface area contributed by atoms with Crippen LogP contribution in [0, 0.1) is 10.1 Å². The molecule has 3 rings (SSSR count). The molecule has 27 heavy (non-hydrogen) atoms. The highest BCUT2D eigenvalue weighted by Crippen LogP contribution is 2.31. The third kappa shape index (κ3) is 4.91. The zero-order valence-electron chi connectivity index (χ0n) is 14.9. The van der Waals surface area contributed by atoms with E-state index in [0.717, 1.165) is 22.2 Å². The Morgan fingerprint density at radius 2 is 1.81 bits per heavy atom. The van der Waals surface area contributed by atoms with Crippen LogP contribution in [-0.4, -0.2) is 41.4 Å². The Morgan fingerprint density at radius 1 is 1.04 bits per heavy atom. The highest BCUT2D eigenvalue weighted by molar-refractivity contribution is 5.92. The summed E-state index contributed by atoms with van der Waals surface area (Å²) >= 11 is 0. The van der Waals surface area contributed by atoms with Crippen molar-refractivity contribution in [2.45, 2.75) is 13.0 Å². The van der Waals surface area contributed by atoms with Crippen molar-refractivity contribution in [1.29, 1.82) is 0 Å². The van der Waals surface area contributed by atoms with Crippen LogP contribution in [-0.2, 0) is 16.1 Å². The summed E-state index contributed by atoms with van der Waals surface area (Å²) in [6.45, 7) is 1.67. The summed E-state index contributed by atoms with van der Waals surface area (Å²) in [5.74, 6) is 0. The van der Waals surface area contributed by atoms with Gasteiger partial charge in [0, 0.05) is 30.4 Å². The quantitative estimate of drug-likeness (QED) is 0.322. The third-order valence-corrected chi connectivity index (χ3v) is 4.14. The molecule has 7 heteroatoms. The largest absolute Gasteiger partial charge is 0.396 e. The molecule has 0 spiro atoms. The molecule has 0 fully saturated rings. The Bertz CT molecular complexity index is 892. The van der Waals surface area contributed by atoms with E-state index < -0.39 is 0 Å². The first kappa shape index (κ1) is 19.0. The summed E-state index contributed by atoms with van der Waals surface area (Å²) < 4.78 is 10.9. The van der Waals surface area contributed by atoms with Crippen molar-refractivity contribution in [2.24, 2.45) is 0 Å². The molecular weight excluding hydrogens is 348 g/mol. The van der Waals surface area contributed by atoms with E-state index >= 15 is 0 Å². The van der Waals surface area contributed by atoms with Gasteiger partial charge in [-0.15, -0.1) is 0 Å². The number of hydrogen-bond acceptors (Lipinski definition) is 5. The summed E-state index contributed by atoms with van der Waals surface area (Å²) in [7, 11) is 0. The number of H-pyrrole nitrogens is 1. The Balaban J connectivity index is 1.74. The SMILES string of the molecule is O=[N+]([O-])c1cc(COCCOCCCO)cc2cc(-c3ccccc3)[nH]c12. The number of aromatic amines is 1. The number of benzene rings is 2. The van der Waals surface area contributed by atoms with Crippen LogP contribution in [0.4, 0.5) is 5.69 Å². The molecule has 7 nitrogen and oxygen atoms in total. The first-order valence-electron chi connectivity index (χ1n) is 8.81. The second kappa shape index (κ2) is 9.27. The van der Waals surface area contributed by atoms with E-state index in [1.807, 2.05) is 42.5 Å². The van der Waals surface area contributed by atoms with Gasteiger partial charge in [-0.1, -0.05) is 30.3 Å². The van der Waals surface area contributed by atoms with Crippen molar-refractivity contribution in [3.8, 4) is 11.3 Å². The van der Waals surface area contributed by atoms with E-state index in [4.69, 9.17) is 14.6 Å². The number of nitro benzene ring substituents is 1. The number of fused-ring (bicyclic) bond motifs is 1. The van der Waals surface area contributed by atoms with Crippen LogP contribution in [0.15, 0.2) is 48.5 Å². The van der Waals surface area contributed by atoms with Crippen LogP contribution in [0.5, 0.6) is 0 Å². The van der Waals surface area contributed by atoms with Crippen molar-refractivity contribution in [2.75, 3.05) is 26.4 Å². The number of aliphatic hydroxyl groups excluding tert-OH is 1. The minimum atomic E-state index is -0.380. The van der Waals surface area contributed by atoms with Gasteiger partial charge in [0.2, 0.25) is 0 Å². The standard InChI is InChI=1S/C20H22N2O5/c23-7-4-8-26-9-10-27-14-15-11-17-13-18(16-5-2-1-3-6-16)21-20(17)19(12-15)22(24)25/h1-3,5-6,11-13,21,23H,4,7-10,14H2. The number of hydrogen-bond donors (Lipinski definition) is 2. The molecule has 0 atom stereocenters. The van der Waals surface area contributed by atoms with Crippen LogP contribution >= 0.6 is 0 Å². The average Bonchev–Trinajstić information content (AvgIpc) is 3.11. The zero-order chi connectivity index (χ0) is 19.1. The van der Waals surface area contributed by atoms with E-state index in [9.17, 15) is 10.1 Å². The van der Waals surface area contributed by atoms with Gasteiger partial charge < -0.3 is 19.6 Å². The fourth-order valence-electron chi connectivity index (χ4n) is 2.86. The summed E-state index contributed by atoms with van der Waals surface area (Å²) in [6.07, 6.45) is 0.597. The normalized spacial score (nSPS) is 11.1. The Hall–Kier alpha value is -2.74. The number of ether oxygens (including phenoxy) is 2. The van der Waals surface area contributed by atoms with Crippen molar-refractivity contribution in [1.82, 2.24) is 4.98 Å². The van der Waals surface area contributed by atoms with Crippen LogP contribution in [0.3, 0.4) is 0 Å². The number of rotatable bonds is 10. The molecule has 0 bridgehead atoms. The molecule has 0 amide bonds. The third-order valence-electron chi connectivity index (χ3n) is 4.14. The number of nitro groups is 1.